The number of nitrogens with one attached hydrogen (secondary N) is 2. The number of aldehydes is 1. The predicted octanol–water partition coefficient (Wildman–Crippen LogP) is 4.69. The van der Waals surface area contributed by atoms with Gasteiger partial charge in [-0.15, -0.1) is 0 Å². The number of aromatic amines is 1. The van der Waals surface area contributed by atoms with Crippen LogP contribution in [0.2, 0.25) is 0 Å². The normalized spacial score (nSPS) is 22.2. The lowest BCUT2D eigenvalue weighted by Gasteiger charge is -2.29. The van der Waals surface area contributed by atoms with Gasteiger partial charge in [-0.25, -0.2) is 4.98 Å². The van der Waals surface area contributed by atoms with Crippen molar-refractivity contribution < 1.29 is 4.79 Å². The SMILES string of the molecule is NC1CCC(Nc2c(C3(C=O)CC3)cnc3ccc(-c4ccc5nc[nH]c5c4)cc23)CC1. The Morgan fingerprint density at radius 1 is 1.00 bits per heavy atom. The molecule has 2 aliphatic carbocycles. The highest BCUT2D eigenvalue weighted by Crippen LogP contribution is 2.50. The molecule has 0 atom stereocenters. The Morgan fingerprint density at radius 3 is 2.50 bits per heavy atom. The number of nitrogens with zero attached hydrogens (tertiary/aromatic N) is 2. The minimum atomic E-state index is -0.389. The van der Waals surface area contributed by atoms with Gasteiger partial charge in [-0.1, -0.05) is 12.1 Å². The van der Waals surface area contributed by atoms with E-state index in [0.29, 0.717) is 12.1 Å². The van der Waals surface area contributed by atoms with Crippen molar-refractivity contribution in [2.45, 2.75) is 56.0 Å². The largest absolute Gasteiger partial charge is 0.381 e. The Morgan fingerprint density at radius 2 is 1.75 bits per heavy atom. The van der Waals surface area contributed by atoms with Gasteiger partial charge in [-0.3, -0.25) is 4.98 Å². The number of carbonyl (C=O) groups is 1. The van der Waals surface area contributed by atoms with Crippen molar-refractivity contribution in [2.24, 2.45) is 5.73 Å². The fourth-order valence-corrected chi connectivity index (χ4v) is 5.07. The maximum absolute atomic E-state index is 12.0. The van der Waals surface area contributed by atoms with Gasteiger partial charge in [0.05, 0.1) is 28.3 Å². The third-order valence-electron chi connectivity index (χ3n) is 7.29. The summed E-state index contributed by atoms with van der Waals surface area (Å²) >= 11 is 0. The van der Waals surface area contributed by atoms with Crippen LogP contribution in [0, 0.1) is 0 Å². The molecule has 0 unspecified atom stereocenters. The summed E-state index contributed by atoms with van der Waals surface area (Å²) in [6.07, 6.45) is 10.7. The number of benzene rings is 2. The van der Waals surface area contributed by atoms with Crippen LogP contribution >= 0.6 is 0 Å². The van der Waals surface area contributed by atoms with E-state index in [1.165, 1.54) is 0 Å². The van der Waals surface area contributed by atoms with Crippen molar-refractivity contribution in [2.75, 3.05) is 5.32 Å². The maximum atomic E-state index is 12.0. The smallest absolute Gasteiger partial charge is 0.130 e. The first-order valence-electron chi connectivity index (χ1n) is 11.5. The molecule has 2 fully saturated rings. The minimum Gasteiger partial charge on any atom is -0.381 e. The number of rotatable bonds is 5. The third kappa shape index (κ3) is 3.26. The Bertz CT molecular complexity index is 1310. The van der Waals surface area contributed by atoms with Crippen molar-refractivity contribution in [1.29, 1.82) is 0 Å². The number of fused-ring (bicyclic) bond motifs is 2. The second kappa shape index (κ2) is 7.41. The van der Waals surface area contributed by atoms with Crippen molar-refractivity contribution >= 4 is 33.9 Å². The molecule has 4 N–H and O–H groups in total. The van der Waals surface area contributed by atoms with E-state index in [1.54, 1.807) is 6.33 Å². The molecular formula is C26H27N5O. The molecule has 2 heterocycles. The Kier molecular flexibility index (Phi) is 4.50. The lowest BCUT2D eigenvalue weighted by molar-refractivity contribution is -0.109. The zero-order valence-electron chi connectivity index (χ0n) is 18.0. The van der Waals surface area contributed by atoms with Gasteiger partial charge < -0.3 is 20.8 Å². The standard InChI is InChI=1S/C26H27N5O/c27-18-3-5-19(6-4-18)31-25-20-11-16(17-2-8-23-24(12-17)30-15-29-23)1-7-22(20)28-13-21(25)26(14-32)9-10-26/h1-2,7-8,11-15,18-19H,3-6,9-10,27H2,(H,28,31)(H,29,30). The van der Waals surface area contributed by atoms with Gasteiger partial charge in [-0.05, 0) is 73.9 Å². The summed E-state index contributed by atoms with van der Waals surface area (Å²) in [4.78, 5) is 24.3. The van der Waals surface area contributed by atoms with Gasteiger partial charge >= 0.3 is 0 Å². The van der Waals surface area contributed by atoms with E-state index < -0.39 is 0 Å². The second-order valence-corrected chi connectivity index (χ2v) is 9.44. The molecule has 0 bridgehead atoms. The highest BCUT2D eigenvalue weighted by Gasteiger charge is 2.46. The molecule has 0 radical (unpaired) electrons. The zero-order valence-corrected chi connectivity index (χ0v) is 18.0. The number of carbonyl (C=O) groups excluding carboxylic acids is 1. The average Bonchev–Trinajstić information content (AvgIpc) is 3.48. The van der Waals surface area contributed by atoms with Gasteiger partial charge in [0.2, 0.25) is 0 Å². The van der Waals surface area contributed by atoms with Crippen LogP contribution in [-0.2, 0) is 10.2 Å². The van der Waals surface area contributed by atoms with Crippen LogP contribution in [0.15, 0.2) is 48.9 Å². The zero-order chi connectivity index (χ0) is 21.7. The Labute approximate surface area is 186 Å². The van der Waals surface area contributed by atoms with Crippen LogP contribution in [-0.4, -0.2) is 33.3 Å². The number of anilines is 1. The summed E-state index contributed by atoms with van der Waals surface area (Å²) in [6, 6.07) is 13.3. The lowest BCUT2D eigenvalue weighted by Crippen LogP contribution is -2.33. The van der Waals surface area contributed by atoms with E-state index in [2.05, 4.69) is 45.6 Å². The van der Waals surface area contributed by atoms with E-state index >= 15 is 0 Å². The number of imidazole rings is 1. The van der Waals surface area contributed by atoms with Gasteiger partial charge in [0.25, 0.3) is 0 Å². The number of nitrogens with two attached hydrogens (primary N) is 1. The summed E-state index contributed by atoms with van der Waals surface area (Å²) in [5.41, 5.74) is 13.0. The van der Waals surface area contributed by atoms with E-state index in [9.17, 15) is 4.79 Å². The van der Waals surface area contributed by atoms with Gasteiger partial charge in [0.15, 0.2) is 0 Å². The van der Waals surface area contributed by atoms with Gasteiger partial charge in [-0.2, -0.15) is 0 Å². The minimum absolute atomic E-state index is 0.301. The molecular weight excluding hydrogens is 398 g/mol. The van der Waals surface area contributed by atoms with Crippen LogP contribution in [0.25, 0.3) is 33.1 Å². The first kappa shape index (κ1) is 19.4. The van der Waals surface area contributed by atoms with Gasteiger partial charge in [0, 0.05) is 34.9 Å². The molecule has 162 valence electrons. The van der Waals surface area contributed by atoms with Crippen molar-refractivity contribution in [3.05, 3.63) is 54.5 Å². The summed E-state index contributed by atoms with van der Waals surface area (Å²) in [7, 11) is 0. The summed E-state index contributed by atoms with van der Waals surface area (Å²) in [5, 5.41) is 4.90. The maximum Gasteiger partial charge on any atom is 0.130 e. The molecule has 0 spiro atoms. The van der Waals surface area contributed by atoms with Crippen LogP contribution in [0.4, 0.5) is 5.69 Å². The molecule has 32 heavy (non-hydrogen) atoms. The molecule has 0 aliphatic heterocycles. The second-order valence-electron chi connectivity index (χ2n) is 9.44. The summed E-state index contributed by atoms with van der Waals surface area (Å²) < 4.78 is 0. The monoisotopic (exact) mass is 425 g/mol. The number of pyridine rings is 1. The van der Waals surface area contributed by atoms with E-state index in [4.69, 9.17) is 10.7 Å². The van der Waals surface area contributed by atoms with Crippen molar-refractivity contribution in [3.63, 3.8) is 0 Å². The molecule has 6 nitrogen and oxygen atoms in total. The molecule has 6 heteroatoms. The number of H-pyrrole nitrogens is 1. The third-order valence-corrected chi connectivity index (χ3v) is 7.29. The highest BCUT2D eigenvalue weighted by atomic mass is 16.1. The van der Waals surface area contributed by atoms with Crippen LogP contribution in [0.1, 0.15) is 44.1 Å². The number of hydrogen-bond acceptors (Lipinski definition) is 5. The molecule has 6 rings (SSSR count). The number of hydrogen-bond donors (Lipinski definition) is 3. The highest BCUT2D eigenvalue weighted by molar-refractivity contribution is 5.98. The summed E-state index contributed by atoms with van der Waals surface area (Å²) in [6.45, 7) is 0. The first-order valence-corrected chi connectivity index (χ1v) is 11.5. The molecule has 2 aromatic carbocycles. The van der Waals surface area contributed by atoms with Gasteiger partial charge in [0.1, 0.15) is 6.29 Å². The number of aromatic nitrogens is 3. The molecule has 2 saturated carbocycles. The molecule has 0 amide bonds. The molecule has 4 aromatic rings. The molecule has 2 aliphatic rings. The van der Waals surface area contributed by atoms with E-state index in [1.807, 2.05) is 12.3 Å². The predicted molar refractivity (Wildman–Crippen MR) is 128 cm³/mol. The van der Waals surface area contributed by atoms with Crippen molar-refractivity contribution in [3.8, 4) is 11.1 Å². The molecule has 2 aromatic heterocycles. The quantitative estimate of drug-likeness (QED) is 0.403. The van der Waals surface area contributed by atoms with E-state index in [-0.39, 0.29) is 5.41 Å². The lowest BCUT2D eigenvalue weighted by atomic mass is 9.89. The fraction of sp³-hybridized carbons (Fsp3) is 0.346. The summed E-state index contributed by atoms with van der Waals surface area (Å²) in [5.74, 6) is 0. The van der Waals surface area contributed by atoms with E-state index in [0.717, 1.165) is 89.1 Å². The van der Waals surface area contributed by atoms with Crippen LogP contribution < -0.4 is 11.1 Å². The Hall–Kier alpha value is -3.25. The topological polar surface area (TPSA) is 96.7 Å². The Balaban J connectivity index is 1.48. The van der Waals surface area contributed by atoms with Crippen LogP contribution in [0.3, 0.4) is 0 Å². The molecule has 0 saturated heterocycles. The fourth-order valence-electron chi connectivity index (χ4n) is 5.07. The average molecular weight is 426 g/mol. The first-order chi connectivity index (χ1) is 15.6. The van der Waals surface area contributed by atoms with Crippen LogP contribution in [0.5, 0.6) is 0 Å². The van der Waals surface area contributed by atoms with Crippen molar-refractivity contribution in [1.82, 2.24) is 15.0 Å².